The summed E-state index contributed by atoms with van der Waals surface area (Å²) >= 11 is 0. The summed E-state index contributed by atoms with van der Waals surface area (Å²) in [4.78, 5) is 38.3. The Morgan fingerprint density at radius 2 is 0.543 bits per heavy atom. The molecule has 0 rings (SSSR count). The molecule has 416 valence electrons. The lowest BCUT2D eigenvalue weighted by Gasteiger charge is -2.18. The maximum absolute atomic E-state index is 12.9. The topological polar surface area (TPSA) is 78.9 Å². The van der Waals surface area contributed by atoms with Gasteiger partial charge in [0.25, 0.3) is 0 Å². The molecule has 0 heterocycles. The van der Waals surface area contributed by atoms with Crippen LogP contribution in [0.4, 0.5) is 0 Å². The summed E-state index contributed by atoms with van der Waals surface area (Å²) in [6.07, 6.45) is 62.4. The van der Waals surface area contributed by atoms with Crippen molar-refractivity contribution in [3.8, 4) is 0 Å². The van der Waals surface area contributed by atoms with Gasteiger partial charge in [0.1, 0.15) is 13.2 Å². The van der Waals surface area contributed by atoms with Crippen LogP contribution in [0.2, 0.25) is 0 Å². The average Bonchev–Trinajstić information content (AvgIpc) is 3.35. The third-order valence-electron chi connectivity index (χ3n) is 15.1. The molecule has 6 nitrogen and oxygen atoms in total. The van der Waals surface area contributed by atoms with E-state index in [4.69, 9.17) is 14.2 Å². The van der Waals surface area contributed by atoms with Crippen molar-refractivity contribution in [2.45, 2.75) is 368 Å². The minimum Gasteiger partial charge on any atom is -0.462 e. The third kappa shape index (κ3) is 55.7. The van der Waals surface area contributed by atoms with Crippen LogP contribution in [-0.2, 0) is 28.6 Å². The number of unbranched alkanes of at least 4 members (excludes halogenated alkanes) is 42. The van der Waals surface area contributed by atoms with Crippen molar-refractivity contribution < 1.29 is 28.6 Å². The Bertz CT molecular complexity index is 1070. The van der Waals surface area contributed by atoms with Crippen LogP contribution in [-0.4, -0.2) is 37.2 Å². The molecule has 0 radical (unpaired) electrons. The van der Waals surface area contributed by atoms with E-state index in [1.807, 2.05) is 0 Å². The van der Waals surface area contributed by atoms with Gasteiger partial charge in [0.05, 0.1) is 0 Å². The average molecular weight is 990 g/mol. The zero-order chi connectivity index (χ0) is 51.1. The second kappa shape index (κ2) is 56.7. The Kier molecular flexibility index (Phi) is 55.4. The minimum atomic E-state index is -0.764. The van der Waals surface area contributed by atoms with Crippen molar-refractivity contribution in [3.63, 3.8) is 0 Å². The van der Waals surface area contributed by atoms with Crippen LogP contribution in [0.3, 0.4) is 0 Å². The quantitative estimate of drug-likeness (QED) is 0.0343. The maximum Gasteiger partial charge on any atom is 0.306 e. The van der Waals surface area contributed by atoms with E-state index in [-0.39, 0.29) is 31.1 Å². The highest BCUT2D eigenvalue weighted by atomic mass is 16.6. The number of ether oxygens (including phenoxy) is 3. The lowest BCUT2D eigenvalue weighted by molar-refractivity contribution is -0.167. The first-order valence-corrected chi connectivity index (χ1v) is 31.8. The molecule has 6 heteroatoms. The Labute approximate surface area is 438 Å². The molecular formula is C64H124O6. The predicted molar refractivity (Wildman–Crippen MR) is 303 cm³/mol. The highest BCUT2D eigenvalue weighted by Crippen LogP contribution is 2.19. The van der Waals surface area contributed by atoms with Gasteiger partial charge < -0.3 is 14.2 Å². The van der Waals surface area contributed by atoms with Crippen LogP contribution in [0, 0.1) is 11.8 Å². The Balaban J connectivity index is 4.28. The van der Waals surface area contributed by atoms with Gasteiger partial charge in [0.2, 0.25) is 0 Å². The smallest absolute Gasteiger partial charge is 0.306 e. The van der Waals surface area contributed by atoms with Gasteiger partial charge in [0.15, 0.2) is 6.10 Å². The number of hydrogen-bond acceptors (Lipinski definition) is 6. The summed E-state index contributed by atoms with van der Waals surface area (Å²) in [7, 11) is 0. The van der Waals surface area contributed by atoms with E-state index < -0.39 is 6.10 Å². The summed E-state index contributed by atoms with van der Waals surface area (Å²) < 4.78 is 17.0. The van der Waals surface area contributed by atoms with Gasteiger partial charge in [-0.05, 0) is 31.1 Å². The van der Waals surface area contributed by atoms with Crippen LogP contribution >= 0.6 is 0 Å². The highest BCUT2D eigenvalue weighted by Gasteiger charge is 2.19. The molecule has 0 aliphatic heterocycles. The standard InChI is InChI=1S/C64H124O6/c1-6-8-9-10-11-12-13-14-15-16-17-18-23-26-29-36-41-46-51-56-64(67)70-61(58-69-63(66)55-50-45-40-35-31-30-33-38-43-48-53-60(5)7-2)57-68-62(65)54-49-44-39-34-28-25-22-20-19-21-24-27-32-37-42-47-52-59(3)4/h59-61H,6-58H2,1-5H3/t60?,61-/m1/s1. The summed E-state index contributed by atoms with van der Waals surface area (Å²) in [6.45, 7) is 11.5. The number of esters is 3. The Morgan fingerprint density at radius 3 is 0.814 bits per heavy atom. The Hall–Kier alpha value is -1.59. The van der Waals surface area contributed by atoms with E-state index in [9.17, 15) is 14.4 Å². The molecule has 0 aliphatic rings. The van der Waals surface area contributed by atoms with E-state index >= 15 is 0 Å². The molecule has 0 spiro atoms. The fraction of sp³-hybridized carbons (Fsp3) is 0.953. The molecule has 1 unspecified atom stereocenters. The van der Waals surface area contributed by atoms with Crippen LogP contribution in [0.15, 0.2) is 0 Å². The molecule has 0 aliphatic carbocycles. The molecule has 2 atom stereocenters. The number of carbonyl (C=O) groups excluding carboxylic acids is 3. The van der Waals surface area contributed by atoms with E-state index in [0.29, 0.717) is 19.3 Å². The zero-order valence-electron chi connectivity index (χ0n) is 48.2. The summed E-state index contributed by atoms with van der Waals surface area (Å²) in [6, 6.07) is 0. The van der Waals surface area contributed by atoms with Crippen molar-refractivity contribution >= 4 is 17.9 Å². The molecular weight excluding hydrogens is 865 g/mol. The lowest BCUT2D eigenvalue weighted by atomic mass is 9.99. The molecule has 0 aromatic carbocycles. The van der Waals surface area contributed by atoms with Gasteiger partial charge in [-0.15, -0.1) is 0 Å². The normalized spacial score (nSPS) is 12.4. The summed E-state index contributed by atoms with van der Waals surface area (Å²) in [5, 5.41) is 0. The summed E-state index contributed by atoms with van der Waals surface area (Å²) in [5.41, 5.74) is 0. The van der Waals surface area contributed by atoms with Crippen molar-refractivity contribution in [2.24, 2.45) is 11.8 Å². The highest BCUT2D eigenvalue weighted by molar-refractivity contribution is 5.71. The van der Waals surface area contributed by atoms with E-state index in [1.54, 1.807) is 0 Å². The monoisotopic (exact) mass is 989 g/mol. The van der Waals surface area contributed by atoms with Crippen LogP contribution in [0.1, 0.15) is 362 Å². The van der Waals surface area contributed by atoms with Crippen molar-refractivity contribution in [2.75, 3.05) is 13.2 Å². The second-order valence-corrected chi connectivity index (χ2v) is 22.8. The molecule has 0 bridgehead atoms. The second-order valence-electron chi connectivity index (χ2n) is 22.8. The van der Waals surface area contributed by atoms with Crippen LogP contribution in [0.5, 0.6) is 0 Å². The lowest BCUT2D eigenvalue weighted by Crippen LogP contribution is -2.30. The molecule has 0 amide bonds. The van der Waals surface area contributed by atoms with Gasteiger partial charge in [-0.2, -0.15) is 0 Å². The fourth-order valence-electron chi connectivity index (χ4n) is 9.90. The first-order valence-electron chi connectivity index (χ1n) is 31.8. The summed E-state index contributed by atoms with van der Waals surface area (Å²) in [5.74, 6) is 0.889. The van der Waals surface area contributed by atoms with E-state index in [1.165, 1.54) is 250 Å². The molecule has 0 N–H and O–H groups in total. The zero-order valence-corrected chi connectivity index (χ0v) is 48.2. The van der Waals surface area contributed by atoms with Gasteiger partial charge >= 0.3 is 17.9 Å². The first-order chi connectivity index (χ1) is 34.3. The van der Waals surface area contributed by atoms with E-state index in [0.717, 1.165) is 69.6 Å². The predicted octanol–water partition coefficient (Wildman–Crippen LogP) is 21.2. The molecule has 0 aromatic heterocycles. The van der Waals surface area contributed by atoms with Gasteiger partial charge in [-0.3, -0.25) is 14.4 Å². The van der Waals surface area contributed by atoms with Crippen molar-refractivity contribution in [3.05, 3.63) is 0 Å². The minimum absolute atomic E-state index is 0.0622. The van der Waals surface area contributed by atoms with Crippen molar-refractivity contribution in [1.29, 1.82) is 0 Å². The van der Waals surface area contributed by atoms with Gasteiger partial charge in [0, 0.05) is 19.3 Å². The molecule has 70 heavy (non-hydrogen) atoms. The number of rotatable bonds is 58. The molecule has 0 fully saturated rings. The fourth-order valence-corrected chi connectivity index (χ4v) is 9.90. The Morgan fingerprint density at radius 1 is 0.300 bits per heavy atom. The van der Waals surface area contributed by atoms with E-state index in [2.05, 4.69) is 34.6 Å². The largest absolute Gasteiger partial charge is 0.462 e. The number of carbonyl (C=O) groups is 3. The third-order valence-corrected chi connectivity index (χ3v) is 15.1. The molecule has 0 saturated heterocycles. The molecule has 0 aromatic rings. The van der Waals surface area contributed by atoms with Crippen LogP contribution in [0.25, 0.3) is 0 Å². The molecule has 0 saturated carbocycles. The SMILES string of the molecule is CCCCCCCCCCCCCCCCCCCCCC(=O)O[C@H](COC(=O)CCCCCCCCCCCCCCCCCCC(C)C)COC(=O)CCCCCCCCCCCCC(C)CC. The van der Waals surface area contributed by atoms with Gasteiger partial charge in [-0.25, -0.2) is 0 Å². The van der Waals surface area contributed by atoms with Crippen molar-refractivity contribution in [1.82, 2.24) is 0 Å². The van der Waals surface area contributed by atoms with Gasteiger partial charge in [-0.1, -0.05) is 324 Å². The first kappa shape index (κ1) is 68.4. The number of hydrogen-bond donors (Lipinski definition) is 0. The van der Waals surface area contributed by atoms with Crippen LogP contribution < -0.4 is 0 Å². The maximum atomic E-state index is 12.9.